The Bertz CT molecular complexity index is 861. The second kappa shape index (κ2) is 6.36. The van der Waals surface area contributed by atoms with E-state index in [0.717, 1.165) is 17.0 Å². The zero-order valence-electron chi connectivity index (χ0n) is 12.9. The van der Waals surface area contributed by atoms with E-state index in [2.05, 4.69) is 20.3 Å². The molecule has 0 aliphatic heterocycles. The highest BCUT2D eigenvalue weighted by atomic mass is 16.1. The number of rotatable bonds is 3. The van der Waals surface area contributed by atoms with Gasteiger partial charge in [-0.2, -0.15) is 0 Å². The summed E-state index contributed by atoms with van der Waals surface area (Å²) < 4.78 is 0. The van der Waals surface area contributed by atoms with E-state index in [0.29, 0.717) is 17.2 Å². The quantitative estimate of drug-likeness (QED) is 0.805. The second-order valence-electron chi connectivity index (χ2n) is 5.19. The number of hydrogen-bond acceptors (Lipinski definition) is 4. The molecule has 3 rings (SSSR count). The minimum atomic E-state index is -0.232. The molecule has 0 unspecified atom stereocenters. The molecule has 0 saturated carbocycles. The first-order chi connectivity index (χ1) is 11.1. The van der Waals surface area contributed by atoms with E-state index in [1.807, 2.05) is 56.3 Å². The Hall–Kier alpha value is -3.08. The van der Waals surface area contributed by atoms with Crippen LogP contribution in [0.15, 0.2) is 54.7 Å². The molecule has 1 N–H and O–H groups in total. The summed E-state index contributed by atoms with van der Waals surface area (Å²) in [6.07, 6.45) is 1.72. The fraction of sp³-hybridized carbons (Fsp3) is 0.111. The molecule has 1 aromatic carbocycles. The molecule has 0 aliphatic carbocycles. The van der Waals surface area contributed by atoms with Crippen LogP contribution in [-0.2, 0) is 0 Å². The molecule has 23 heavy (non-hydrogen) atoms. The van der Waals surface area contributed by atoms with Crippen molar-refractivity contribution in [3.05, 3.63) is 71.9 Å². The van der Waals surface area contributed by atoms with Crippen LogP contribution in [0.1, 0.15) is 22.0 Å². The maximum Gasteiger partial charge on any atom is 0.274 e. The van der Waals surface area contributed by atoms with Crippen molar-refractivity contribution in [1.29, 1.82) is 0 Å². The van der Waals surface area contributed by atoms with Crippen molar-refractivity contribution in [3.63, 3.8) is 0 Å². The lowest BCUT2D eigenvalue weighted by atomic mass is 10.1. The molecule has 0 atom stereocenters. The van der Waals surface area contributed by atoms with Crippen LogP contribution in [0.2, 0.25) is 0 Å². The Kier molecular flexibility index (Phi) is 4.10. The number of amides is 1. The first kappa shape index (κ1) is 14.8. The summed E-state index contributed by atoms with van der Waals surface area (Å²) in [4.78, 5) is 25.0. The SMILES string of the molecule is Cc1cccc(C(=O)Nc2cccc(-c3ccnc(C)n3)c2)n1. The largest absolute Gasteiger partial charge is 0.321 e. The molecule has 0 aliphatic rings. The van der Waals surface area contributed by atoms with Crippen molar-refractivity contribution in [2.24, 2.45) is 0 Å². The van der Waals surface area contributed by atoms with Crippen LogP contribution in [0.4, 0.5) is 5.69 Å². The van der Waals surface area contributed by atoms with Gasteiger partial charge in [0.2, 0.25) is 0 Å². The number of aryl methyl sites for hydroxylation is 2. The van der Waals surface area contributed by atoms with Crippen LogP contribution >= 0.6 is 0 Å². The molecule has 5 nitrogen and oxygen atoms in total. The molecule has 1 amide bonds. The van der Waals surface area contributed by atoms with Gasteiger partial charge in [-0.05, 0) is 44.2 Å². The molecule has 0 spiro atoms. The molecular weight excluding hydrogens is 288 g/mol. The number of pyridine rings is 1. The molecule has 5 heteroatoms. The van der Waals surface area contributed by atoms with Crippen LogP contribution in [0.3, 0.4) is 0 Å². The fourth-order valence-corrected chi connectivity index (χ4v) is 2.24. The van der Waals surface area contributed by atoms with Gasteiger partial charge in [0.25, 0.3) is 5.91 Å². The number of carbonyl (C=O) groups excluding carboxylic acids is 1. The topological polar surface area (TPSA) is 67.8 Å². The summed E-state index contributed by atoms with van der Waals surface area (Å²) in [5.41, 5.74) is 3.65. The van der Waals surface area contributed by atoms with Crippen molar-refractivity contribution >= 4 is 11.6 Å². The Morgan fingerprint density at radius 2 is 1.83 bits per heavy atom. The molecule has 2 heterocycles. The third kappa shape index (κ3) is 3.58. The third-order valence-corrected chi connectivity index (χ3v) is 3.31. The standard InChI is InChI=1S/C18H16N4O/c1-12-5-3-8-17(20-12)18(23)22-15-7-4-6-14(11-15)16-9-10-19-13(2)21-16/h3-11H,1-2H3,(H,22,23). The van der Waals surface area contributed by atoms with Crippen LogP contribution in [0, 0.1) is 13.8 Å². The first-order valence-electron chi connectivity index (χ1n) is 7.27. The van der Waals surface area contributed by atoms with Crippen molar-refractivity contribution < 1.29 is 4.79 Å². The normalized spacial score (nSPS) is 10.3. The molecule has 3 aromatic rings. The number of nitrogens with one attached hydrogen (secondary N) is 1. The van der Waals surface area contributed by atoms with Crippen LogP contribution in [0.5, 0.6) is 0 Å². The monoisotopic (exact) mass is 304 g/mol. The highest BCUT2D eigenvalue weighted by Gasteiger charge is 2.08. The van der Waals surface area contributed by atoms with E-state index in [4.69, 9.17) is 0 Å². The average Bonchev–Trinajstić information content (AvgIpc) is 2.55. The lowest BCUT2D eigenvalue weighted by Gasteiger charge is -2.07. The Morgan fingerprint density at radius 3 is 2.61 bits per heavy atom. The minimum Gasteiger partial charge on any atom is -0.321 e. The summed E-state index contributed by atoms with van der Waals surface area (Å²) >= 11 is 0. The molecular formula is C18H16N4O. The van der Waals surface area contributed by atoms with Gasteiger partial charge in [0.15, 0.2) is 0 Å². The third-order valence-electron chi connectivity index (χ3n) is 3.31. The van der Waals surface area contributed by atoms with Gasteiger partial charge in [-0.25, -0.2) is 15.0 Å². The fourth-order valence-electron chi connectivity index (χ4n) is 2.24. The minimum absolute atomic E-state index is 0.232. The van der Waals surface area contributed by atoms with Gasteiger partial charge >= 0.3 is 0 Å². The van der Waals surface area contributed by atoms with Gasteiger partial charge in [-0.15, -0.1) is 0 Å². The number of benzene rings is 1. The maximum absolute atomic E-state index is 12.3. The van der Waals surface area contributed by atoms with Crippen molar-refractivity contribution in [2.45, 2.75) is 13.8 Å². The van der Waals surface area contributed by atoms with Gasteiger partial charge in [0.05, 0.1) is 5.69 Å². The average molecular weight is 304 g/mol. The van der Waals surface area contributed by atoms with Crippen molar-refractivity contribution in [1.82, 2.24) is 15.0 Å². The molecule has 0 bridgehead atoms. The lowest BCUT2D eigenvalue weighted by Crippen LogP contribution is -2.13. The maximum atomic E-state index is 12.3. The summed E-state index contributed by atoms with van der Waals surface area (Å²) in [6, 6.07) is 14.8. The van der Waals surface area contributed by atoms with E-state index >= 15 is 0 Å². The zero-order chi connectivity index (χ0) is 16.2. The molecule has 2 aromatic heterocycles. The number of carbonyl (C=O) groups is 1. The number of aromatic nitrogens is 3. The summed E-state index contributed by atoms with van der Waals surface area (Å²) in [5, 5.41) is 2.87. The summed E-state index contributed by atoms with van der Waals surface area (Å²) in [5.74, 6) is 0.477. The molecule has 0 fully saturated rings. The molecule has 0 radical (unpaired) electrons. The Balaban J connectivity index is 1.84. The predicted molar refractivity (Wildman–Crippen MR) is 89.1 cm³/mol. The second-order valence-corrected chi connectivity index (χ2v) is 5.19. The van der Waals surface area contributed by atoms with Crippen LogP contribution in [-0.4, -0.2) is 20.9 Å². The number of anilines is 1. The summed E-state index contributed by atoms with van der Waals surface area (Å²) in [7, 11) is 0. The van der Waals surface area contributed by atoms with Crippen LogP contribution < -0.4 is 5.32 Å². The highest BCUT2D eigenvalue weighted by molar-refractivity contribution is 6.03. The predicted octanol–water partition coefficient (Wildman–Crippen LogP) is 3.41. The number of hydrogen-bond donors (Lipinski definition) is 1. The highest BCUT2D eigenvalue weighted by Crippen LogP contribution is 2.21. The van der Waals surface area contributed by atoms with Gasteiger partial charge in [0, 0.05) is 23.1 Å². The van der Waals surface area contributed by atoms with E-state index in [9.17, 15) is 4.79 Å². The smallest absolute Gasteiger partial charge is 0.274 e. The Morgan fingerprint density at radius 1 is 1.00 bits per heavy atom. The van der Waals surface area contributed by atoms with E-state index in [1.54, 1.807) is 12.3 Å². The van der Waals surface area contributed by atoms with Gasteiger partial charge in [-0.1, -0.05) is 18.2 Å². The summed E-state index contributed by atoms with van der Waals surface area (Å²) in [6.45, 7) is 3.70. The number of nitrogens with zero attached hydrogens (tertiary/aromatic N) is 3. The zero-order valence-corrected chi connectivity index (χ0v) is 12.9. The van der Waals surface area contributed by atoms with E-state index in [1.165, 1.54) is 0 Å². The van der Waals surface area contributed by atoms with Gasteiger partial charge in [-0.3, -0.25) is 4.79 Å². The lowest BCUT2D eigenvalue weighted by molar-refractivity contribution is 0.102. The van der Waals surface area contributed by atoms with Crippen LogP contribution in [0.25, 0.3) is 11.3 Å². The van der Waals surface area contributed by atoms with E-state index in [-0.39, 0.29) is 5.91 Å². The first-order valence-corrected chi connectivity index (χ1v) is 7.27. The van der Waals surface area contributed by atoms with Gasteiger partial charge < -0.3 is 5.32 Å². The molecule has 114 valence electrons. The molecule has 0 saturated heterocycles. The Labute approximate surface area is 134 Å². The van der Waals surface area contributed by atoms with Gasteiger partial charge in [0.1, 0.15) is 11.5 Å². The van der Waals surface area contributed by atoms with Crippen molar-refractivity contribution in [3.8, 4) is 11.3 Å². The van der Waals surface area contributed by atoms with Crippen molar-refractivity contribution in [2.75, 3.05) is 5.32 Å². The van der Waals surface area contributed by atoms with E-state index < -0.39 is 0 Å².